The number of amides is 3. The maximum Gasteiger partial charge on any atom is 0.250 e. The van der Waals surface area contributed by atoms with E-state index in [4.69, 9.17) is 22.1 Å². The van der Waals surface area contributed by atoms with Crippen molar-refractivity contribution in [3.05, 3.63) is 83.0 Å². The van der Waals surface area contributed by atoms with Gasteiger partial charge in [-0.25, -0.2) is 4.98 Å². The van der Waals surface area contributed by atoms with Crippen molar-refractivity contribution in [2.75, 3.05) is 86.6 Å². The topological polar surface area (TPSA) is 187 Å². The van der Waals surface area contributed by atoms with Gasteiger partial charge in [0.25, 0.3) is 5.91 Å². The molecule has 3 amide bonds. The van der Waals surface area contributed by atoms with Crippen LogP contribution < -0.4 is 41.9 Å². The normalized spacial score (nSPS) is 18.0. The van der Waals surface area contributed by atoms with E-state index in [1.807, 2.05) is 60.7 Å². The van der Waals surface area contributed by atoms with Crippen molar-refractivity contribution >= 4 is 76.3 Å². The summed E-state index contributed by atoms with van der Waals surface area (Å²) >= 11 is 6.50. The number of piperazine rings is 1. The van der Waals surface area contributed by atoms with Gasteiger partial charge in [0.1, 0.15) is 24.0 Å². The number of primary amides is 1. The van der Waals surface area contributed by atoms with Crippen LogP contribution in [0.2, 0.25) is 5.02 Å². The second kappa shape index (κ2) is 20.3. The van der Waals surface area contributed by atoms with Gasteiger partial charge in [0.15, 0.2) is 5.82 Å². The van der Waals surface area contributed by atoms with Crippen molar-refractivity contribution in [3.63, 3.8) is 0 Å². The highest BCUT2D eigenvalue weighted by molar-refractivity contribution is 7.70. The Morgan fingerprint density at radius 2 is 1.69 bits per heavy atom. The number of rotatable bonds is 17. The fourth-order valence-corrected chi connectivity index (χ4v) is 9.76. The number of hydrogen-bond acceptors (Lipinski definition) is 13. The van der Waals surface area contributed by atoms with E-state index in [0.29, 0.717) is 58.6 Å². The minimum absolute atomic E-state index is 0.222. The van der Waals surface area contributed by atoms with Gasteiger partial charge < -0.3 is 40.8 Å². The third-order valence-corrected chi connectivity index (χ3v) is 13.7. The van der Waals surface area contributed by atoms with Crippen molar-refractivity contribution in [2.45, 2.75) is 64.0 Å². The number of para-hydroxylation sites is 1. The van der Waals surface area contributed by atoms with Gasteiger partial charge in [-0.05, 0) is 112 Å². The predicted octanol–water partition coefficient (Wildman–Crippen LogP) is 6.19. The number of hydrogen-bond donors (Lipinski definition) is 5. The number of piperidine rings is 2. The zero-order chi connectivity index (χ0) is 43.8. The highest BCUT2D eigenvalue weighted by atomic mass is 35.5. The molecule has 3 saturated heterocycles. The highest BCUT2D eigenvalue weighted by Crippen LogP contribution is 2.39. The molecule has 3 aliphatic rings. The van der Waals surface area contributed by atoms with Crippen LogP contribution in [0.3, 0.4) is 0 Å². The second-order valence-electron chi connectivity index (χ2n) is 16.6. The first-order valence-corrected chi connectivity index (χ1v) is 24.5. The molecular formula is C45H58ClN10O5P. The summed E-state index contributed by atoms with van der Waals surface area (Å²) in [5.41, 5.74) is 10.4. The molecule has 0 aliphatic carbocycles. The van der Waals surface area contributed by atoms with E-state index < -0.39 is 19.1 Å². The molecule has 17 heteroatoms. The Kier molecular flexibility index (Phi) is 14.7. The largest absolute Gasteiger partial charge is 0.494 e. The summed E-state index contributed by atoms with van der Waals surface area (Å²) in [6, 6.07) is 19.0. The lowest BCUT2D eigenvalue weighted by atomic mass is 9.98. The lowest BCUT2D eigenvalue weighted by Crippen LogP contribution is -2.53. The number of imide groups is 1. The molecule has 3 fully saturated rings. The van der Waals surface area contributed by atoms with Crippen LogP contribution in [0.25, 0.3) is 0 Å². The number of carbonyl (C=O) groups excluding carboxylic acids is 3. The molecule has 4 heterocycles. The predicted molar refractivity (Wildman–Crippen MR) is 248 cm³/mol. The van der Waals surface area contributed by atoms with Crippen molar-refractivity contribution in [1.82, 2.24) is 25.1 Å². The summed E-state index contributed by atoms with van der Waals surface area (Å²) in [6.07, 6.45) is 7.20. The molecule has 0 radical (unpaired) electrons. The standard InChI is InChI=1S/C45H58ClN10O5P/c1-4-30-27-38(51-45-48-29-35(46)43(53-45)50-36-9-5-6-10-40(36)62(2,3)60)34(42(47)58)28-39(30)56-20-17-32(18-21-56)55-24-22-54(23-25-55)19-7-8-26-61-33-13-11-31(12-14-33)49-37-15-16-41(57)52-44(37)59/h5-6,9-14,27-29,32,37,49H,4,7-8,15-26H2,1-3H3,(H2,47,58)(H,52,57,59)(H2,48,50,51,53). The van der Waals surface area contributed by atoms with Gasteiger partial charge in [0, 0.05) is 68.4 Å². The monoisotopic (exact) mass is 884 g/mol. The first kappa shape index (κ1) is 44.8. The zero-order valence-electron chi connectivity index (χ0n) is 35.8. The quantitative estimate of drug-likeness (QED) is 0.0460. The lowest BCUT2D eigenvalue weighted by Gasteiger charge is -2.43. The fourth-order valence-electron chi connectivity index (χ4n) is 8.46. The summed E-state index contributed by atoms with van der Waals surface area (Å²) in [6.45, 7) is 13.2. The summed E-state index contributed by atoms with van der Waals surface area (Å²) in [4.78, 5) is 52.9. The Hall–Kier alpha value is -5.21. The molecule has 0 bridgehead atoms. The molecule has 6 N–H and O–H groups in total. The van der Waals surface area contributed by atoms with E-state index in [-0.39, 0.29) is 17.8 Å². The number of ether oxygens (including phenoxy) is 1. The molecule has 0 saturated carbocycles. The Bertz CT molecular complexity index is 2280. The number of nitrogens with two attached hydrogens (primary N) is 1. The first-order chi connectivity index (χ1) is 29.8. The van der Waals surface area contributed by atoms with Crippen LogP contribution in [0.1, 0.15) is 61.4 Å². The molecule has 1 unspecified atom stereocenters. The van der Waals surface area contributed by atoms with Gasteiger partial charge in [-0.3, -0.25) is 24.6 Å². The summed E-state index contributed by atoms with van der Waals surface area (Å²) in [5.74, 6) is 0.320. The molecule has 1 atom stereocenters. The van der Waals surface area contributed by atoms with E-state index in [1.54, 1.807) is 13.3 Å². The summed E-state index contributed by atoms with van der Waals surface area (Å²) < 4.78 is 18.9. The highest BCUT2D eigenvalue weighted by Gasteiger charge is 2.30. The van der Waals surface area contributed by atoms with Crippen LogP contribution in [0.4, 0.5) is 34.5 Å². The lowest BCUT2D eigenvalue weighted by molar-refractivity contribution is -0.133. The minimum atomic E-state index is -2.59. The first-order valence-electron chi connectivity index (χ1n) is 21.6. The molecular weight excluding hydrogens is 827 g/mol. The molecule has 7 rings (SSSR count). The number of nitrogens with one attached hydrogen (secondary N) is 4. The van der Waals surface area contributed by atoms with E-state index in [2.05, 4.69) is 52.9 Å². The number of halogens is 1. The Morgan fingerprint density at radius 1 is 0.952 bits per heavy atom. The fraction of sp³-hybridized carbons (Fsp3) is 0.444. The second-order valence-corrected chi connectivity index (χ2v) is 20.2. The summed E-state index contributed by atoms with van der Waals surface area (Å²) in [5, 5.41) is 13.0. The number of nitrogens with zero attached hydrogens (tertiary/aromatic N) is 5. The number of aromatic nitrogens is 2. The number of unbranched alkanes of at least 4 members (excludes halogenated alkanes) is 1. The molecule has 0 spiro atoms. The van der Waals surface area contributed by atoms with Crippen LogP contribution in [0.15, 0.2) is 66.9 Å². The van der Waals surface area contributed by atoms with Crippen LogP contribution >= 0.6 is 18.7 Å². The van der Waals surface area contributed by atoms with Gasteiger partial charge in [0.2, 0.25) is 17.8 Å². The van der Waals surface area contributed by atoms with Gasteiger partial charge in [-0.2, -0.15) is 4.98 Å². The molecule has 1 aromatic heterocycles. The number of benzene rings is 3. The van der Waals surface area contributed by atoms with Crippen molar-refractivity contribution < 1.29 is 23.7 Å². The van der Waals surface area contributed by atoms with Crippen molar-refractivity contribution in [3.8, 4) is 5.75 Å². The van der Waals surface area contributed by atoms with Crippen molar-refractivity contribution in [2.24, 2.45) is 5.73 Å². The van der Waals surface area contributed by atoms with Gasteiger partial charge in [-0.15, -0.1) is 0 Å². The van der Waals surface area contributed by atoms with Crippen molar-refractivity contribution in [1.29, 1.82) is 0 Å². The van der Waals surface area contributed by atoms with Crippen LogP contribution in [0.5, 0.6) is 5.75 Å². The molecule has 4 aromatic rings. The third kappa shape index (κ3) is 11.4. The molecule has 3 aromatic carbocycles. The molecule has 62 heavy (non-hydrogen) atoms. The smallest absolute Gasteiger partial charge is 0.250 e. The van der Waals surface area contributed by atoms with Gasteiger partial charge >= 0.3 is 0 Å². The Morgan fingerprint density at radius 3 is 2.39 bits per heavy atom. The van der Waals surface area contributed by atoms with Gasteiger partial charge in [0.05, 0.1) is 29.7 Å². The number of aryl methyl sites for hydroxylation is 1. The SMILES string of the molecule is CCc1cc(Nc2ncc(Cl)c(Nc3ccccc3P(C)(C)=O)n2)c(C(N)=O)cc1N1CCC(N2CCN(CCCCOc3ccc(NC4CCC(=O)NC4=O)cc3)CC2)CC1. The van der Waals surface area contributed by atoms with Gasteiger partial charge in [-0.1, -0.05) is 30.7 Å². The minimum Gasteiger partial charge on any atom is -0.494 e. The average molecular weight is 885 g/mol. The van der Waals surface area contributed by atoms with E-state index >= 15 is 0 Å². The molecule has 330 valence electrons. The van der Waals surface area contributed by atoms with E-state index in [1.165, 1.54) is 6.20 Å². The number of anilines is 6. The summed E-state index contributed by atoms with van der Waals surface area (Å²) in [7, 11) is -2.59. The maximum absolute atomic E-state index is 13.0. The Balaban J connectivity index is 0.862. The Labute approximate surface area is 368 Å². The zero-order valence-corrected chi connectivity index (χ0v) is 37.4. The van der Waals surface area contributed by atoms with Crippen LogP contribution in [-0.4, -0.2) is 115 Å². The number of carbonyl (C=O) groups is 3. The van der Waals surface area contributed by atoms with E-state index in [9.17, 15) is 18.9 Å². The maximum atomic E-state index is 13.0. The molecule has 3 aliphatic heterocycles. The average Bonchev–Trinajstić information content (AvgIpc) is 3.26. The van der Waals surface area contributed by atoms with Crippen LogP contribution in [0, 0.1) is 0 Å². The molecule has 15 nitrogen and oxygen atoms in total. The van der Waals surface area contributed by atoms with Crippen LogP contribution in [-0.2, 0) is 20.6 Å². The third-order valence-electron chi connectivity index (χ3n) is 11.9. The van der Waals surface area contributed by atoms with E-state index in [0.717, 1.165) is 101 Å².